The Morgan fingerprint density at radius 3 is 2.62 bits per heavy atom. The van der Waals surface area contributed by atoms with Gasteiger partial charge in [0.2, 0.25) is 6.79 Å². The lowest BCUT2D eigenvalue weighted by Gasteiger charge is -2.35. The van der Waals surface area contributed by atoms with E-state index in [0.717, 1.165) is 31.1 Å². The molecule has 2 amide bonds. The highest BCUT2D eigenvalue weighted by molar-refractivity contribution is 5.99. The molecule has 5 rings (SSSR count). The van der Waals surface area contributed by atoms with E-state index in [2.05, 4.69) is 16.3 Å². The number of anilines is 1. The second-order valence-corrected chi connectivity index (χ2v) is 7.30. The topological polar surface area (TPSA) is 80.3 Å². The number of carbonyl (C=O) groups is 2. The van der Waals surface area contributed by atoms with E-state index in [1.165, 1.54) is 5.56 Å². The second-order valence-electron chi connectivity index (χ2n) is 7.30. The Hall–Kier alpha value is -3.26. The van der Waals surface area contributed by atoms with Crippen molar-refractivity contribution in [3.8, 4) is 17.2 Å². The highest BCUT2D eigenvalue weighted by Crippen LogP contribution is 2.33. The van der Waals surface area contributed by atoms with Gasteiger partial charge in [0.1, 0.15) is 5.75 Å². The van der Waals surface area contributed by atoms with E-state index < -0.39 is 0 Å². The minimum Gasteiger partial charge on any atom is -0.482 e. The number of hydrogen-bond acceptors (Lipinski definition) is 6. The number of ether oxygens (including phenoxy) is 3. The molecule has 1 saturated heterocycles. The third kappa shape index (κ3) is 3.58. The maximum Gasteiger partial charge on any atom is 0.262 e. The summed E-state index contributed by atoms with van der Waals surface area (Å²) in [4.78, 5) is 28.4. The average molecular weight is 395 g/mol. The molecule has 8 heteroatoms. The van der Waals surface area contributed by atoms with Crippen molar-refractivity contribution in [1.82, 2.24) is 9.80 Å². The first-order valence-electron chi connectivity index (χ1n) is 9.62. The number of nitrogens with one attached hydrogen (secondary N) is 1. The van der Waals surface area contributed by atoms with Gasteiger partial charge in [0.05, 0.1) is 5.69 Å². The number of benzene rings is 2. The summed E-state index contributed by atoms with van der Waals surface area (Å²) < 4.78 is 16.2. The molecule has 0 saturated carbocycles. The zero-order valence-corrected chi connectivity index (χ0v) is 15.8. The lowest BCUT2D eigenvalue weighted by atomic mass is 10.1. The van der Waals surface area contributed by atoms with Gasteiger partial charge in [0.25, 0.3) is 11.8 Å². The fourth-order valence-electron chi connectivity index (χ4n) is 3.80. The summed E-state index contributed by atoms with van der Waals surface area (Å²) >= 11 is 0. The summed E-state index contributed by atoms with van der Waals surface area (Å²) in [6.07, 6.45) is 0. The van der Waals surface area contributed by atoms with Gasteiger partial charge in [0, 0.05) is 38.3 Å². The number of piperazine rings is 1. The van der Waals surface area contributed by atoms with Crippen LogP contribution in [0, 0.1) is 0 Å². The van der Waals surface area contributed by atoms with Gasteiger partial charge in [-0.2, -0.15) is 0 Å². The molecule has 29 heavy (non-hydrogen) atoms. The standard InChI is InChI=1S/C21H21N3O5/c25-20-12-27-18-10-15(2-3-16(18)22-20)21(26)24-7-5-23(6-8-24)11-14-1-4-17-19(9-14)29-13-28-17/h1-4,9-10H,5-8,11-13H2,(H,22,25). The van der Waals surface area contributed by atoms with E-state index >= 15 is 0 Å². The molecule has 0 aromatic heterocycles. The predicted molar refractivity (Wildman–Crippen MR) is 104 cm³/mol. The molecular weight excluding hydrogens is 374 g/mol. The molecule has 0 bridgehead atoms. The van der Waals surface area contributed by atoms with E-state index in [1.54, 1.807) is 18.2 Å². The van der Waals surface area contributed by atoms with E-state index in [4.69, 9.17) is 14.2 Å². The molecule has 3 aliphatic rings. The summed E-state index contributed by atoms with van der Waals surface area (Å²) in [5, 5.41) is 2.74. The third-order valence-electron chi connectivity index (χ3n) is 5.36. The van der Waals surface area contributed by atoms with Gasteiger partial charge in [-0.1, -0.05) is 6.07 Å². The van der Waals surface area contributed by atoms with Crippen LogP contribution in [0.2, 0.25) is 0 Å². The van der Waals surface area contributed by atoms with Crippen LogP contribution in [0.4, 0.5) is 5.69 Å². The molecule has 0 unspecified atom stereocenters. The van der Waals surface area contributed by atoms with E-state index in [1.807, 2.05) is 17.0 Å². The van der Waals surface area contributed by atoms with Crippen molar-refractivity contribution in [2.75, 3.05) is 44.9 Å². The largest absolute Gasteiger partial charge is 0.482 e. The van der Waals surface area contributed by atoms with Gasteiger partial charge in [0.15, 0.2) is 18.1 Å². The summed E-state index contributed by atoms with van der Waals surface area (Å²) in [5.74, 6) is 1.92. The van der Waals surface area contributed by atoms with Gasteiger partial charge in [-0.3, -0.25) is 14.5 Å². The Balaban J connectivity index is 1.19. The molecule has 1 N–H and O–H groups in total. The Kier molecular flexibility index (Phi) is 4.48. The number of nitrogens with zero attached hydrogens (tertiary/aromatic N) is 2. The van der Waals surface area contributed by atoms with Gasteiger partial charge in [-0.25, -0.2) is 0 Å². The molecule has 0 spiro atoms. The quantitative estimate of drug-likeness (QED) is 0.852. The number of amides is 2. The summed E-state index contributed by atoms with van der Waals surface area (Å²) in [7, 11) is 0. The summed E-state index contributed by atoms with van der Waals surface area (Å²) in [6.45, 7) is 4.00. The van der Waals surface area contributed by atoms with Gasteiger partial charge >= 0.3 is 0 Å². The molecule has 0 radical (unpaired) electrons. The molecule has 2 aromatic carbocycles. The zero-order valence-electron chi connectivity index (χ0n) is 15.8. The van der Waals surface area contributed by atoms with Crippen molar-refractivity contribution in [3.05, 3.63) is 47.5 Å². The Morgan fingerprint density at radius 1 is 0.931 bits per heavy atom. The van der Waals surface area contributed by atoms with Crippen LogP contribution in [0.1, 0.15) is 15.9 Å². The van der Waals surface area contributed by atoms with Crippen molar-refractivity contribution in [2.45, 2.75) is 6.54 Å². The van der Waals surface area contributed by atoms with Gasteiger partial charge < -0.3 is 24.4 Å². The maximum atomic E-state index is 12.9. The van der Waals surface area contributed by atoms with Crippen molar-refractivity contribution in [1.29, 1.82) is 0 Å². The monoisotopic (exact) mass is 395 g/mol. The molecule has 0 aliphatic carbocycles. The van der Waals surface area contributed by atoms with Crippen LogP contribution < -0.4 is 19.5 Å². The normalized spacial score (nSPS) is 18.1. The Bertz CT molecular complexity index is 969. The SMILES string of the molecule is O=C1COc2cc(C(=O)N3CCN(Cc4ccc5c(c4)OCO5)CC3)ccc2N1. The van der Waals surface area contributed by atoms with E-state index in [9.17, 15) is 9.59 Å². The molecule has 3 heterocycles. The first-order valence-corrected chi connectivity index (χ1v) is 9.62. The molecular formula is C21H21N3O5. The Morgan fingerprint density at radius 2 is 1.76 bits per heavy atom. The van der Waals surface area contributed by atoms with Crippen LogP contribution in [0.3, 0.4) is 0 Å². The Labute approximate surface area is 167 Å². The smallest absolute Gasteiger partial charge is 0.262 e. The van der Waals surface area contributed by atoms with Crippen molar-refractivity contribution < 1.29 is 23.8 Å². The van der Waals surface area contributed by atoms with Crippen LogP contribution >= 0.6 is 0 Å². The fraction of sp³-hybridized carbons (Fsp3) is 0.333. The molecule has 2 aromatic rings. The number of carbonyl (C=O) groups excluding carboxylic acids is 2. The minimum atomic E-state index is -0.185. The molecule has 8 nitrogen and oxygen atoms in total. The number of hydrogen-bond donors (Lipinski definition) is 1. The maximum absolute atomic E-state index is 12.9. The van der Waals surface area contributed by atoms with Crippen molar-refractivity contribution in [2.24, 2.45) is 0 Å². The van der Waals surface area contributed by atoms with Crippen molar-refractivity contribution >= 4 is 17.5 Å². The summed E-state index contributed by atoms with van der Waals surface area (Å²) in [6, 6.07) is 11.2. The predicted octanol–water partition coefficient (Wildman–Crippen LogP) is 1.70. The van der Waals surface area contributed by atoms with Crippen LogP contribution in [-0.4, -0.2) is 61.2 Å². The van der Waals surface area contributed by atoms with Crippen LogP contribution in [0.5, 0.6) is 17.2 Å². The minimum absolute atomic E-state index is 0.0176. The lowest BCUT2D eigenvalue weighted by molar-refractivity contribution is -0.118. The fourth-order valence-corrected chi connectivity index (χ4v) is 3.80. The van der Waals surface area contributed by atoms with Crippen LogP contribution in [-0.2, 0) is 11.3 Å². The zero-order chi connectivity index (χ0) is 19.8. The van der Waals surface area contributed by atoms with Crippen LogP contribution in [0.25, 0.3) is 0 Å². The second kappa shape index (κ2) is 7.29. The third-order valence-corrected chi connectivity index (χ3v) is 5.36. The molecule has 3 aliphatic heterocycles. The summed E-state index contributed by atoms with van der Waals surface area (Å²) in [5.41, 5.74) is 2.35. The van der Waals surface area contributed by atoms with Crippen LogP contribution in [0.15, 0.2) is 36.4 Å². The van der Waals surface area contributed by atoms with E-state index in [0.29, 0.717) is 30.1 Å². The van der Waals surface area contributed by atoms with Crippen molar-refractivity contribution in [3.63, 3.8) is 0 Å². The van der Waals surface area contributed by atoms with Gasteiger partial charge in [-0.15, -0.1) is 0 Å². The number of fused-ring (bicyclic) bond motifs is 2. The highest BCUT2D eigenvalue weighted by Gasteiger charge is 2.24. The first-order chi connectivity index (χ1) is 14.2. The first kappa shape index (κ1) is 17.8. The molecule has 0 atom stereocenters. The van der Waals surface area contributed by atoms with Gasteiger partial charge in [-0.05, 0) is 35.9 Å². The lowest BCUT2D eigenvalue weighted by Crippen LogP contribution is -2.48. The highest BCUT2D eigenvalue weighted by atomic mass is 16.7. The van der Waals surface area contributed by atoms with E-state index in [-0.39, 0.29) is 25.2 Å². The molecule has 150 valence electrons. The molecule has 1 fully saturated rings. The number of rotatable bonds is 3. The average Bonchev–Trinajstić information content (AvgIpc) is 3.21.